The van der Waals surface area contributed by atoms with E-state index in [2.05, 4.69) is 22.7 Å². The van der Waals surface area contributed by atoms with Gasteiger partial charge in [-0.2, -0.15) is 0 Å². The molecule has 4 rings (SSSR count). The van der Waals surface area contributed by atoms with Gasteiger partial charge in [-0.05, 0) is 49.7 Å². The van der Waals surface area contributed by atoms with E-state index in [9.17, 15) is 13.2 Å². The van der Waals surface area contributed by atoms with E-state index in [4.69, 9.17) is 0 Å². The van der Waals surface area contributed by atoms with Gasteiger partial charge < -0.3 is 9.88 Å². The standard InChI is InChI=1S/C22H29N3O3S/c1-16-6-8-18(9-7-16)24-29(27,28)15-22(26)25-12-10-17(11-13-25)20-14-23-21-5-3-2-4-19(20)21/h2-5,10,14,16,18,23-24H,6-9,11-13,15H2,1H3. The van der Waals surface area contributed by atoms with Gasteiger partial charge in [0.25, 0.3) is 0 Å². The van der Waals surface area contributed by atoms with Crippen LogP contribution in [0.25, 0.3) is 16.5 Å². The van der Waals surface area contributed by atoms with Gasteiger partial charge in [0.2, 0.25) is 15.9 Å². The first-order chi connectivity index (χ1) is 13.9. The fourth-order valence-corrected chi connectivity index (χ4v) is 5.74. The second-order valence-corrected chi connectivity index (χ2v) is 10.2. The number of carbonyl (C=O) groups excluding carboxylic acids is 1. The van der Waals surface area contributed by atoms with E-state index in [-0.39, 0.29) is 11.9 Å². The van der Waals surface area contributed by atoms with Crippen LogP contribution in [-0.2, 0) is 14.8 Å². The Hall–Kier alpha value is -2.12. The predicted octanol–water partition coefficient (Wildman–Crippen LogP) is 3.28. The first kappa shape index (κ1) is 20.2. The summed E-state index contributed by atoms with van der Waals surface area (Å²) in [6.45, 7) is 3.19. The molecule has 0 radical (unpaired) electrons. The lowest BCUT2D eigenvalue weighted by atomic mass is 9.88. The quantitative estimate of drug-likeness (QED) is 0.786. The first-order valence-electron chi connectivity index (χ1n) is 10.4. The van der Waals surface area contributed by atoms with Crippen molar-refractivity contribution in [2.75, 3.05) is 18.8 Å². The topological polar surface area (TPSA) is 82.3 Å². The predicted molar refractivity (Wildman–Crippen MR) is 116 cm³/mol. The molecule has 1 saturated carbocycles. The summed E-state index contributed by atoms with van der Waals surface area (Å²) in [5, 5.41) is 1.17. The molecule has 7 heteroatoms. The number of hydrogen-bond acceptors (Lipinski definition) is 3. The monoisotopic (exact) mass is 415 g/mol. The number of nitrogens with zero attached hydrogens (tertiary/aromatic N) is 1. The zero-order valence-electron chi connectivity index (χ0n) is 16.9. The second-order valence-electron chi connectivity index (χ2n) is 8.40. The molecule has 156 valence electrons. The van der Waals surface area contributed by atoms with Gasteiger partial charge in [-0.1, -0.05) is 31.2 Å². The fraction of sp³-hybridized carbons (Fsp3) is 0.500. The molecule has 1 aliphatic carbocycles. The van der Waals surface area contributed by atoms with Crippen molar-refractivity contribution in [3.05, 3.63) is 42.1 Å². The lowest BCUT2D eigenvalue weighted by molar-refractivity contribution is -0.128. The third kappa shape index (κ3) is 4.73. The number of nitrogens with one attached hydrogen (secondary N) is 2. The number of amides is 1. The van der Waals surface area contributed by atoms with E-state index in [1.54, 1.807) is 4.90 Å². The number of fused-ring (bicyclic) bond motifs is 1. The summed E-state index contributed by atoms with van der Waals surface area (Å²) in [4.78, 5) is 17.5. The Kier molecular flexibility index (Phi) is 5.79. The molecule has 1 aromatic carbocycles. The lowest BCUT2D eigenvalue weighted by Crippen LogP contribution is -2.44. The van der Waals surface area contributed by atoms with Crippen LogP contribution in [-0.4, -0.2) is 49.1 Å². The van der Waals surface area contributed by atoms with E-state index in [1.165, 1.54) is 11.0 Å². The Morgan fingerprint density at radius 2 is 1.97 bits per heavy atom. The molecule has 1 aliphatic heterocycles. The minimum atomic E-state index is -3.60. The summed E-state index contributed by atoms with van der Waals surface area (Å²) >= 11 is 0. The summed E-state index contributed by atoms with van der Waals surface area (Å²) < 4.78 is 27.6. The smallest absolute Gasteiger partial charge is 0.239 e. The third-order valence-electron chi connectivity index (χ3n) is 6.17. The molecule has 0 saturated heterocycles. The number of sulfonamides is 1. The summed E-state index contributed by atoms with van der Waals surface area (Å²) in [5.41, 5.74) is 3.45. The number of H-pyrrole nitrogens is 1. The SMILES string of the molecule is CC1CCC(NS(=O)(=O)CC(=O)N2CC=C(c3c[nH]c4ccccc34)CC2)CC1. The molecule has 29 heavy (non-hydrogen) atoms. The fourth-order valence-electron chi connectivity index (χ4n) is 4.40. The van der Waals surface area contributed by atoms with Gasteiger partial charge in [0.05, 0.1) is 0 Å². The van der Waals surface area contributed by atoms with E-state index in [0.717, 1.165) is 43.2 Å². The Balaban J connectivity index is 1.36. The number of aromatic amines is 1. The minimum absolute atomic E-state index is 0.0290. The maximum Gasteiger partial charge on any atom is 0.239 e. The molecule has 1 fully saturated rings. The van der Waals surface area contributed by atoms with Crippen molar-refractivity contribution in [1.82, 2.24) is 14.6 Å². The molecular weight excluding hydrogens is 386 g/mol. The summed E-state index contributed by atoms with van der Waals surface area (Å²) in [5.74, 6) is -0.130. The number of carbonyl (C=O) groups is 1. The molecule has 2 heterocycles. The molecule has 1 aromatic heterocycles. The van der Waals surface area contributed by atoms with Crippen molar-refractivity contribution in [3.8, 4) is 0 Å². The average Bonchev–Trinajstić information content (AvgIpc) is 3.13. The number of rotatable bonds is 5. The van der Waals surface area contributed by atoms with Crippen LogP contribution in [0.3, 0.4) is 0 Å². The van der Waals surface area contributed by atoms with Gasteiger partial charge in [-0.15, -0.1) is 0 Å². The van der Waals surface area contributed by atoms with Gasteiger partial charge in [0, 0.05) is 41.8 Å². The number of benzene rings is 1. The number of aromatic nitrogens is 1. The van der Waals surface area contributed by atoms with Gasteiger partial charge in [0.1, 0.15) is 5.75 Å². The normalized spacial score (nSPS) is 23.2. The van der Waals surface area contributed by atoms with Crippen LogP contribution in [0.5, 0.6) is 0 Å². The average molecular weight is 416 g/mol. The van der Waals surface area contributed by atoms with Crippen LogP contribution < -0.4 is 4.72 Å². The van der Waals surface area contributed by atoms with Gasteiger partial charge >= 0.3 is 0 Å². The van der Waals surface area contributed by atoms with Crippen LogP contribution in [0.15, 0.2) is 36.5 Å². The number of para-hydroxylation sites is 1. The molecule has 0 unspecified atom stereocenters. The van der Waals surface area contributed by atoms with Crippen molar-refractivity contribution >= 4 is 32.4 Å². The van der Waals surface area contributed by atoms with Gasteiger partial charge in [0.15, 0.2) is 0 Å². The number of hydrogen-bond donors (Lipinski definition) is 2. The highest BCUT2D eigenvalue weighted by Gasteiger charge is 2.27. The van der Waals surface area contributed by atoms with E-state index in [0.29, 0.717) is 19.0 Å². The van der Waals surface area contributed by atoms with Crippen molar-refractivity contribution in [1.29, 1.82) is 0 Å². The summed E-state index contributed by atoms with van der Waals surface area (Å²) in [7, 11) is -3.60. The van der Waals surface area contributed by atoms with Crippen molar-refractivity contribution in [3.63, 3.8) is 0 Å². The molecule has 2 aliphatic rings. The molecule has 6 nitrogen and oxygen atoms in total. The van der Waals surface area contributed by atoms with E-state index >= 15 is 0 Å². The zero-order chi connectivity index (χ0) is 20.4. The molecule has 1 amide bonds. The minimum Gasteiger partial charge on any atom is -0.361 e. The maximum absolute atomic E-state index is 12.6. The molecule has 0 spiro atoms. The first-order valence-corrected chi connectivity index (χ1v) is 12.1. The Labute approximate surface area is 172 Å². The van der Waals surface area contributed by atoms with Gasteiger partial charge in [-0.25, -0.2) is 13.1 Å². The lowest BCUT2D eigenvalue weighted by Gasteiger charge is -2.28. The van der Waals surface area contributed by atoms with Crippen LogP contribution in [0.1, 0.15) is 44.6 Å². The summed E-state index contributed by atoms with van der Waals surface area (Å²) in [6.07, 6.45) is 8.56. The Morgan fingerprint density at radius 3 is 2.69 bits per heavy atom. The largest absolute Gasteiger partial charge is 0.361 e. The van der Waals surface area contributed by atoms with Crippen molar-refractivity contribution < 1.29 is 13.2 Å². The second kappa shape index (κ2) is 8.32. The summed E-state index contributed by atoms with van der Waals surface area (Å²) in [6, 6.07) is 8.12. The van der Waals surface area contributed by atoms with Crippen molar-refractivity contribution in [2.24, 2.45) is 5.92 Å². The molecule has 0 atom stereocenters. The zero-order valence-corrected chi connectivity index (χ0v) is 17.7. The maximum atomic E-state index is 12.6. The van der Waals surface area contributed by atoms with Crippen LogP contribution in [0, 0.1) is 5.92 Å². The highest BCUT2D eigenvalue weighted by molar-refractivity contribution is 7.90. The Morgan fingerprint density at radius 1 is 1.21 bits per heavy atom. The highest BCUT2D eigenvalue weighted by atomic mass is 32.2. The molecule has 2 N–H and O–H groups in total. The van der Waals surface area contributed by atoms with Gasteiger partial charge in [-0.3, -0.25) is 4.79 Å². The molecular formula is C22H29N3O3S. The third-order valence-corrected chi connectivity index (χ3v) is 7.49. The van der Waals surface area contributed by atoms with E-state index in [1.807, 2.05) is 30.5 Å². The highest BCUT2D eigenvalue weighted by Crippen LogP contribution is 2.29. The van der Waals surface area contributed by atoms with Crippen LogP contribution in [0.2, 0.25) is 0 Å². The Bertz CT molecular complexity index is 1020. The van der Waals surface area contributed by atoms with Crippen molar-refractivity contribution in [2.45, 2.75) is 45.1 Å². The molecule has 2 aromatic rings. The van der Waals surface area contributed by atoms with Crippen LogP contribution >= 0.6 is 0 Å². The molecule has 0 bridgehead atoms. The van der Waals surface area contributed by atoms with Crippen LogP contribution in [0.4, 0.5) is 0 Å². The van der Waals surface area contributed by atoms with E-state index < -0.39 is 15.8 Å².